The molecule has 0 saturated carbocycles. The summed E-state index contributed by atoms with van der Waals surface area (Å²) in [6.07, 6.45) is 2.04. The summed E-state index contributed by atoms with van der Waals surface area (Å²) in [4.78, 5) is 51.0. The van der Waals surface area contributed by atoms with Crippen LogP contribution in [0.15, 0.2) is 117 Å². The SMILES string of the molecule is CC(=O)NC(CC(=O)c1ccc(Br)cc1)c1ccc(OCc2cn(CCC(=O)NC(CC(=O)c3ccc(Br)cc3)c3ccccc3Br)nn2)cc1. The van der Waals surface area contributed by atoms with Gasteiger partial charge in [-0.25, -0.2) is 0 Å². The van der Waals surface area contributed by atoms with Gasteiger partial charge in [0.15, 0.2) is 11.6 Å². The van der Waals surface area contributed by atoms with Gasteiger partial charge in [-0.2, -0.15) is 0 Å². The molecule has 0 spiro atoms. The first-order chi connectivity index (χ1) is 24.5. The van der Waals surface area contributed by atoms with E-state index in [0.717, 1.165) is 24.5 Å². The standard InChI is InChI=1S/C38H34Br3N5O5/c1-24(47)42-34(20-36(48)26-6-12-28(39)13-7-26)25-10-16-31(17-11-25)51-23-30-22-46(45-44-30)19-18-38(50)43-35(32-4-2-3-5-33(32)41)21-37(49)27-8-14-29(40)15-9-27/h2-17,22,34-35H,18-21,23H2,1H3,(H,42,47)(H,43,50). The Kier molecular flexibility index (Phi) is 13.5. The number of halogens is 3. The van der Waals surface area contributed by atoms with Crippen LogP contribution in [0.5, 0.6) is 5.75 Å². The molecule has 10 nitrogen and oxygen atoms in total. The Morgan fingerprint density at radius 1 is 0.745 bits per heavy atom. The number of ketones is 2. The van der Waals surface area contributed by atoms with Crippen molar-refractivity contribution >= 4 is 71.2 Å². The van der Waals surface area contributed by atoms with Gasteiger partial charge >= 0.3 is 0 Å². The summed E-state index contributed by atoms with van der Waals surface area (Å²) >= 11 is 10.3. The fourth-order valence-corrected chi connectivity index (χ4v) is 6.41. The smallest absolute Gasteiger partial charge is 0.222 e. The van der Waals surface area contributed by atoms with Crippen LogP contribution in [0.4, 0.5) is 0 Å². The van der Waals surface area contributed by atoms with Crippen molar-refractivity contribution in [2.24, 2.45) is 0 Å². The summed E-state index contributed by atoms with van der Waals surface area (Å²) in [5, 5.41) is 14.2. The molecule has 51 heavy (non-hydrogen) atoms. The molecule has 2 atom stereocenters. The van der Waals surface area contributed by atoms with Gasteiger partial charge in [-0.1, -0.05) is 108 Å². The van der Waals surface area contributed by atoms with Crippen LogP contribution in [0.2, 0.25) is 0 Å². The number of hydrogen-bond donors (Lipinski definition) is 2. The molecular formula is C38H34Br3N5O5. The first-order valence-electron chi connectivity index (χ1n) is 16.0. The highest BCUT2D eigenvalue weighted by Gasteiger charge is 2.22. The van der Waals surface area contributed by atoms with Crippen molar-refractivity contribution in [3.05, 3.63) is 145 Å². The average molecular weight is 880 g/mol. The van der Waals surface area contributed by atoms with Gasteiger partial charge in [-0.3, -0.25) is 23.9 Å². The lowest BCUT2D eigenvalue weighted by molar-refractivity contribution is -0.122. The Labute approximate surface area is 320 Å². The molecule has 1 heterocycles. The summed E-state index contributed by atoms with van der Waals surface area (Å²) in [6.45, 7) is 1.84. The second-order valence-corrected chi connectivity index (χ2v) is 14.4. The monoisotopic (exact) mass is 877 g/mol. The molecule has 0 aliphatic rings. The molecule has 2 N–H and O–H groups in total. The lowest BCUT2D eigenvalue weighted by atomic mass is 9.97. The van der Waals surface area contributed by atoms with Crippen molar-refractivity contribution < 1.29 is 23.9 Å². The van der Waals surface area contributed by atoms with Crippen LogP contribution in [0.1, 0.15) is 75.8 Å². The number of amides is 2. The second-order valence-electron chi connectivity index (χ2n) is 11.7. The van der Waals surface area contributed by atoms with Crippen molar-refractivity contribution in [1.82, 2.24) is 25.6 Å². The maximum Gasteiger partial charge on any atom is 0.222 e. The summed E-state index contributed by atoms with van der Waals surface area (Å²) in [5.74, 6) is -0.0648. The number of aryl methyl sites for hydroxylation is 1. The van der Waals surface area contributed by atoms with E-state index in [9.17, 15) is 19.2 Å². The third kappa shape index (κ3) is 11.3. The lowest BCUT2D eigenvalue weighted by Crippen LogP contribution is -2.31. The van der Waals surface area contributed by atoms with E-state index >= 15 is 0 Å². The van der Waals surface area contributed by atoms with Crippen LogP contribution in [0, 0.1) is 0 Å². The Morgan fingerprint density at radius 3 is 1.92 bits per heavy atom. The van der Waals surface area contributed by atoms with Crippen LogP contribution in [-0.2, 0) is 22.7 Å². The van der Waals surface area contributed by atoms with Crippen molar-refractivity contribution in [3.8, 4) is 5.75 Å². The van der Waals surface area contributed by atoms with E-state index in [2.05, 4.69) is 68.7 Å². The van der Waals surface area contributed by atoms with E-state index in [1.165, 1.54) is 6.92 Å². The van der Waals surface area contributed by atoms with E-state index in [1.807, 2.05) is 48.5 Å². The summed E-state index contributed by atoms with van der Waals surface area (Å²) < 4.78 is 10.0. The number of aromatic nitrogens is 3. The summed E-state index contributed by atoms with van der Waals surface area (Å²) in [7, 11) is 0. The van der Waals surface area contributed by atoms with Crippen molar-refractivity contribution in [1.29, 1.82) is 0 Å². The molecule has 0 saturated heterocycles. The van der Waals surface area contributed by atoms with E-state index in [4.69, 9.17) is 4.74 Å². The molecule has 5 aromatic rings. The fourth-order valence-electron chi connectivity index (χ4n) is 5.32. The largest absolute Gasteiger partial charge is 0.487 e. The molecule has 0 fully saturated rings. The number of hydrogen-bond acceptors (Lipinski definition) is 7. The van der Waals surface area contributed by atoms with E-state index in [1.54, 1.807) is 59.4 Å². The van der Waals surface area contributed by atoms with Crippen LogP contribution < -0.4 is 15.4 Å². The molecule has 262 valence electrons. The normalized spacial score (nSPS) is 12.1. The Bertz CT molecular complexity index is 1980. The second kappa shape index (κ2) is 18.2. The summed E-state index contributed by atoms with van der Waals surface area (Å²) in [5.41, 5.74) is 3.28. The van der Waals surface area contributed by atoms with Crippen LogP contribution in [0.3, 0.4) is 0 Å². The zero-order valence-electron chi connectivity index (χ0n) is 27.5. The maximum absolute atomic E-state index is 13.1. The van der Waals surface area contributed by atoms with Gasteiger partial charge in [0.05, 0.1) is 24.8 Å². The van der Waals surface area contributed by atoms with E-state index < -0.39 is 12.1 Å². The number of carbonyl (C=O) groups excluding carboxylic acids is 4. The van der Waals surface area contributed by atoms with Gasteiger partial charge in [-0.05, 0) is 53.6 Å². The Morgan fingerprint density at radius 2 is 1.33 bits per heavy atom. The van der Waals surface area contributed by atoms with Crippen LogP contribution in [-0.4, -0.2) is 38.4 Å². The minimum atomic E-state index is -0.532. The van der Waals surface area contributed by atoms with Gasteiger partial charge in [0, 0.05) is 50.7 Å². The van der Waals surface area contributed by atoms with Crippen LogP contribution >= 0.6 is 47.8 Å². The Hall–Kier alpha value is -4.46. The molecule has 0 bridgehead atoms. The third-order valence-corrected chi connectivity index (χ3v) is 9.71. The molecule has 2 amide bonds. The molecule has 0 aliphatic carbocycles. The van der Waals surface area contributed by atoms with Gasteiger partial charge < -0.3 is 15.4 Å². The highest BCUT2D eigenvalue weighted by molar-refractivity contribution is 9.11. The van der Waals surface area contributed by atoms with Crippen molar-refractivity contribution in [2.45, 2.75) is 51.4 Å². The lowest BCUT2D eigenvalue weighted by Gasteiger charge is -2.20. The zero-order chi connectivity index (χ0) is 36.3. The first kappa shape index (κ1) is 37.8. The number of rotatable bonds is 16. The third-order valence-electron chi connectivity index (χ3n) is 7.93. The van der Waals surface area contributed by atoms with Gasteiger partial charge in [-0.15, -0.1) is 5.10 Å². The molecule has 5 rings (SSSR count). The maximum atomic E-state index is 13.1. The fraction of sp³-hybridized carbons (Fsp3) is 0.211. The molecule has 0 radical (unpaired) electrons. The van der Waals surface area contributed by atoms with Gasteiger partial charge in [0.1, 0.15) is 18.1 Å². The minimum Gasteiger partial charge on any atom is -0.487 e. The number of benzene rings is 4. The van der Waals surface area contributed by atoms with E-state index in [-0.39, 0.29) is 55.8 Å². The predicted octanol–water partition coefficient (Wildman–Crippen LogP) is 8.12. The topological polar surface area (TPSA) is 132 Å². The first-order valence-corrected chi connectivity index (χ1v) is 18.4. The number of nitrogens with one attached hydrogen (secondary N) is 2. The highest BCUT2D eigenvalue weighted by Crippen LogP contribution is 2.28. The molecule has 2 unspecified atom stereocenters. The summed E-state index contributed by atoms with van der Waals surface area (Å²) in [6, 6.07) is 27.9. The molecule has 1 aromatic heterocycles. The molecule has 4 aromatic carbocycles. The van der Waals surface area contributed by atoms with Crippen molar-refractivity contribution in [2.75, 3.05) is 0 Å². The Balaban J connectivity index is 1.14. The minimum absolute atomic E-state index is 0.0848. The van der Waals surface area contributed by atoms with Crippen molar-refractivity contribution in [3.63, 3.8) is 0 Å². The molecule has 0 aliphatic heterocycles. The average Bonchev–Trinajstić information content (AvgIpc) is 3.58. The van der Waals surface area contributed by atoms with Gasteiger partial charge in [0.2, 0.25) is 11.8 Å². The quantitative estimate of drug-likeness (QED) is 0.0958. The highest BCUT2D eigenvalue weighted by atomic mass is 79.9. The van der Waals surface area contributed by atoms with Crippen LogP contribution in [0.25, 0.3) is 0 Å². The molecule has 13 heteroatoms. The van der Waals surface area contributed by atoms with Gasteiger partial charge in [0.25, 0.3) is 0 Å². The number of ether oxygens (including phenoxy) is 1. The zero-order valence-corrected chi connectivity index (χ0v) is 32.3. The number of Topliss-reactive ketones (excluding diaryl/α,β-unsaturated/α-hetero) is 2. The number of nitrogens with zero attached hydrogens (tertiary/aromatic N) is 3. The number of carbonyl (C=O) groups is 4. The molecular weight excluding hydrogens is 846 g/mol. The predicted molar refractivity (Wildman–Crippen MR) is 203 cm³/mol. The van der Waals surface area contributed by atoms with E-state index in [0.29, 0.717) is 22.6 Å².